The largest absolute Gasteiger partial charge is 0.387 e. The number of amides is 1. The van der Waals surface area contributed by atoms with Gasteiger partial charge in [-0.15, -0.1) is 0 Å². The van der Waals surface area contributed by atoms with Crippen LogP contribution in [0.2, 0.25) is 0 Å². The van der Waals surface area contributed by atoms with Gasteiger partial charge in [-0.05, 0) is 33.1 Å². The normalized spacial score (nSPS) is 21.1. The van der Waals surface area contributed by atoms with Crippen molar-refractivity contribution in [3.63, 3.8) is 0 Å². The lowest BCUT2D eigenvalue weighted by molar-refractivity contribution is -0.121. The molecular formula is C18H35N5O3. The number of rotatable bonds is 10. The maximum Gasteiger partial charge on any atom is 0.220 e. The summed E-state index contributed by atoms with van der Waals surface area (Å²) in [6, 6.07) is 0.419. The summed E-state index contributed by atoms with van der Waals surface area (Å²) in [6.45, 7) is 9.29. The van der Waals surface area contributed by atoms with Crippen LogP contribution in [0.3, 0.4) is 0 Å². The Kier molecular flexibility index (Phi) is 8.61. The minimum atomic E-state index is -0.885. The summed E-state index contributed by atoms with van der Waals surface area (Å²) in [6.07, 6.45) is 3.52. The minimum Gasteiger partial charge on any atom is -0.387 e. The number of aliphatic hydroxyl groups is 1. The highest BCUT2D eigenvalue weighted by molar-refractivity contribution is 5.80. The van der Waals surface area contributed by atoms with Crippen molar-refractivity contribution in [1.29, 1.82) is 0 Å². The molecule has 0 spiro atoms. The molecule has 1 aliphatic carbocycles. The van der Waals surface area contributed by atoms with Crippen LogP contribution in [0.1, 0.15) is 39.5 Å². The lowest BCUT2D eigenvalue weighted by Gasteiger charge is -2.33. The average Bonchev–Trinajstić information content (AvgIpc) is 3.41. The van der Waals surface area contributed by atoms with E-state index in [1.165, 1.54) is 0 Å². The summed E-state index contributed by atoms with van der Waals surface area (Å²) in [5.74, 6) is 0.807. The number of carbonyl (C=O) groups is 1. The van der Waals surface area contributed by atoms with Crippen LogP contribution in [0.15, 0.2) is 4.99 Å². The van der Waals surface area contributed by atoms with Crippen molar-refractivity contribution < 1.29 is 14.6 Å². The molecule has 4 N–H and O–H groups in total. The minimum absolute atomic E-state index is 0.129. The number of guanidine groups is 1. The fourth-order valence-electron chi connectivity index (χ4n) is 2.87. The molecular weight excluding hydrogens is 334 g/mol. The van der Waals surface area contributed by atoms with E-state index < -0.39 is 5.60 Å². The third kappa shape index (κ3) is 8.82. The molecule has 1 saturated heterocycles. The maximum atomic E-state index is 11.7. The van der Waals surface area contributed by atoms with Gasteiger partial charge in [0.1, 0.15) is 0 Å². The number of morpholine rings is 1. The molecule has 150 valence electrons. The van der Waals surface area contributed by atoms with E-state index in [-0.39, 0.29) is 5.91 Å². The van der Waals surface area contributed by atoms with Gasteiger partial charge in [0.15, 0.2) is 5.96 Å². The smallest absolute Gasteiger partial charge is 0.220 e. The number of aliphatic imine (C=N–C) groups is 1. The molecule has 1 aliphatic heterocycles. The molecule has 1 atom stereocenters. The summed E-state index contributed by atoms with van der Waals surface area (Å²) in [5.41, 5.74) is -0.885. The van der Waals surface area contributed by atoms with Gasteiger partial charge in [0.05, 0.1) is 25.4 Å². The summed E-state index contributed by atoms with van der Waals surface area (Å²) in [7, 11) is 0. The number of carbonyl (C=O) groups excluding carboxylic acids is 1. The molecule has 0 radical (unpaired) electrons. The van der Waals surface area contributed by atoms with E-state index in [0.29, 0.717) is 38.1 Å². The highest BCUT2D eigenvalue weighted by Gasteiger charge is 2.25. The fraction of sp³-hybridized carbons (Fsp3) is 0.889. The highest BCUT2D eigenvalue weighted by Crippen LogP contribution is 2.18. The summed E-state index contributed by atoms with van der Waals surface area (Å²) < 4.78 is 5.34. The second-order valence-corrected chi connectivity index (χ2v) is 7.45. The second-order valence-electron chi connectivity index (χ2n) is 7.45. The summed E-state index contributed by atoms with van der Waals surface area (Å²) in [5, 5.41) is 20.0. The standard InChI is InChI=1S/C18H35N5O3/c1-3-19-17(20-8-4-5-16(24)22-15-6-7-15)21-13-18(2,25)14-23-9-11-26-12-10-23/h15,25H,3-14H2,1-2H3,(H,22,24)(H2,19,20,21). The monoisotopic (exact) mass is 369 g/mol. The third-order valence-electron chi connectivity index (χ3n) is 4.41. The van der Waals surface area contributed by atoms with Gasteiger partial charge in [-0.3, -0.25) is 14.7 Å². The van der Waals surface area contributed by atoms with E-state index in [1.54, 1.807) is 0 Å². The van der Waals surface area contributed by atoms with Crippen LogP contribution >= 0.6 is 0 Å². The number of ether oxygens (including phenoxy) is 1. The van der Waals surface area contributed by atoms with Crippen molar-refractivity contribution in [2.24, 2.45) is 4.99 Å². The molecule has 0 aromatic heterocycles. The first-order valence-electron chi connectivity index (χ1n) is 9.82. The Morgan fingerprint density at radius 2 is 2.04 bits per heavy atom. The molecule has 2 fully saturated rings. The van der Waals surface area contributed by atoms with Gasteiger partial charge in [0, 0.05) is 45.2 Å². The van der Waals surface area contributed by atoms with Gasteiger partial charge in [-0.1, -0.05) is 0 Å². The summed E-state index contributed by atoms with van der Waals surface area (Å²) >= 11 is 0. The quantitative estimate of drug-likeness (QED) is 0.239. The van der Waals surface area contributed by atoms with Crippen molar-refractivity contribution in [3.05, 3.63) is 0 Å². The Morgan fingerprint density at radius 3 is 2.69 bits per heavy atom. The molecule has 0 aromatic carbocycles. The zero-order chi connectivity index (χ0) is 18.8. The van der Waals surface area contributed by atoms with E-state index in [1.807, 2.05) is 13.8 Å². The van der Waals surface area contributed by atoms with Crippen LogP contribution in [-0.2, 0) is 9.53 Å². The van der Waals surface area contributed by atoms with Crippen molar-refractivity contribution in [2.45, 2.75) is 51.2 Å². The van der Waals surface area contributed by atoms with Gasteiger partial charge in [0.25, 0.3) is 0 Å². The maximum absolute atomic E-state index is 11.7. The van der Waals surface area contributed by atoms with Gasteiger partial charge >= 0.3 is 0 Å². The van der Waals surface area contributed by atoms with Crippen LogP contribution in [0.25, 0.3) is 0 Å². The first-order valence-corrected chi connectivity index (χ1v) is 9.82. The van der Waals surface area contributed by atoms with Gasteiger partial charge in [-0.2, -0.15) is 0 Å². The molecule has 1 heterocycles. The van der Waals surface area contributed by atoms with Gasteiger partial charge in [0.2, 0.25) is 5.91 Å². The number of nitrogens with zero attached hydrogens (tertiary/aromatic N) is 2. The highest BCUT2D eigenvalue weighted by atomic mass is 16.5. The Bertz CT molecular complexity index is 460. The Hall–Kier alpha value is -1.38. The first-order chi connectivity index (χ1) is 12.5. The predicted octanol–water partition coefficient (Wildman–Crippen LogP) is -0.316. The van der Waals surface area contributed by atoms with Crippen LogP contribution in [0.5, 0.6) is 0 Å². The topological polar surface area (TPSA) is 98.2 Å². The average molecular weight is 370 g/mol. The van der Waals surface area contributed by atoms with Gasteiger partial charge in [-0.25, -0.2) is 0 Å². The Balaban J connectivity index is 1.68. The molecule has 1 saturated carbocycles. The molecule has 2 rings (SSSR count). The first kappa shape index (κ1) is 20.9. The zero-order valence-corrected chi connectivity index (χ0v) is 16.2. The number of hydrogen-bond acceptors (Lipinski definition) is 5. The molecule has 0 bridgehead atoms. The van der Waals surface area contributed by atoms with Gasteiger partial charge < -0.3 is 25.8 Å². The number of β-amino-alcohol motifs (C(OH)–C–C–N with tert-alkyl or cyclic N) is 1. The van der Waals surface area contributed by atoms with E-state index in [0.717, 1.165) is 52.1 Å². The van der Waals surface area contributed by atoms with Crippen LogP contribution in [-0.4, -0.2) is 86.0 Å². The van der Waals surface area contributed by atoms with Crippen molar-refractivity contribution >= 4 is 11.9 Å². The molecule has 2 aliphatic rings. The molecule has 1 unspecified atom stereocenters. The van der Waals surface area contributed by atoms with Crippen LogP contribution in [0.4, 0.5) is 0 Å². The third-order valence-corrected chi connectivity index (χ3v) is 4.41. The fourth-order valence-corrected chi connectivity index (χ4v) is 2.87. The zero-order valence-electron chi connectivity index (χ0n) is 16.2. The Morgan fingerprint density at radius 1 is 1.31 bits per heavy atom. The molecule has 0 aromatic rings. The lowest BCUT2D eigenvalue weighted by atomic mass is 10.1. The molecule has 8 nitrogen and oxygen atoms in total. The van der Waals surface area contributed by atoms with Crippen molar-refractivity contribution in [1.82, 2.24) is 20.9 Å². The molecule has 26 heavy (non-hydrogen) atoms. The molecule has 1 amide bonds. The predicted molar refractivity (Wildman–Crippen MR) is 102 cm³/mol. The number of nitrogens with one attached hydrogen (secondary N) is 3. The second kappa shape index (κ2) is 10.7. The van der Waals surface area contributed by atoms with Crippen LogP contribution < -0.4 is 16.0 Å². The summed E-state index contributed by atoms with van der Waals surface area (Å²) in [4.78, 5) is 18.4. The van der Waals surface area contributed by atoms with Crippen molar-refractivity contribution in [3.8, 4) is 0 Å². The van der Waals surface area contributed by atoms with Crippen molar-refractivity contribution in [2.75, 3.05) is 52.5 Å². The SMILES string of the molecule is CCNC(=NCC(C)(O)CN1CCOCC1)NCCCC(=O)NC1CC1. The van der Waals surface area contributed by atoms with E-state index in [4.69, 9.17) is 4.74 Å². The molecule has 8 heteroatoms. The van der Waals surface area contributed by atoms with E-state index in [2.05, 4.69) is 25.8 Å². The van der Waals surface area contributed by atoms with E-state index in [9.17, 15) is 9.90 Å². The number of hydrogen-bond donors (Lipinski definition) is 4. The van der Waals surface area contributed by atoms with E-state index >= 15 is 0 Å². The van der Waals surface area contributed by atoms with Crippen LogP contribution in [0, 0.1) is 0 Å². The Labute approximate surface area is 156 Å². The lowest BCUT2D eigenvalue weighted by Crippen LogP contribution is -2.48.